The average molecular weight is 340 g/mol. The maximum absolute atomic E-state index is 11.9. The SMILES string of the molecule is N#Cc1ccccc1NC(=O)COC(=O)c1ccc(N)c([N+](=O)[O-])c1. The van der Waals surface area contributed by atoms with E-state index in [9.17, 15) is 19.7 Å². The van der Waals surface area contributed by atoms with Crippen molar-refractivity contribution in [3.8, 4) is 6.07 Å². The molecule has 2 aromatic rings. The third kappa shape index (κ3) is 4.29. The molecule has 0 radical (unpaired) electrons. The van der Waals surface area contributed by atoms with Crippen molar-refractivity contribution >= 4 is 28.9 Å². The van der Waals surface area contributed by atoms with E-state index in [1.165, 1.54) is 24.3 Å². The number of nitro benzene ring substituents is 1. The fourth-order valence-corrected chi connectivity index (χ4v) is 1.92. The summed E-state index contributed by atoms with van der Waals surface area (Å²) in [5.74, 6) is -1.56. The summed E-state index contributed by atoms with van der Waals surface area (Å²) in [6.45, 7) is -0.614. The number of nitrogens with two attached hydrogens (primary N) is 1. The van der Waals surface area contributed by atoms with Gasteiger partial charge in [0, 0.05) is 6.07 Å². The van der Waals surface area contributed by atoms with E-state index in [0.717, 1.165) is 6.07 Å². The summed E-state index contributed by atoms with van der Waals surface area (Å²) < 4.78 is 4.81. The van der Waals surface area contributed by atoms with Gasteiger partial charge in [-0.05, 0) is 24.3 Å². The molecule has 9 heteroatoms. The quantitative estimate of drug-likeness (QED) is 0.365. The highest BCUT2D eigenvalue weighted by Gasteiger charge is 2.17. The number of rotatable bonds is 5. The maximum Gasteiger partial charge on any atom is 0.338 e. The lowest BCUT2D eigenvalue weighted by Crippen LogP contribution is -2.21. The minimum absolute atomic E-state index is 0.0904. The second-order valence-corrected chi connectivity index (χ2v) is 4.81. The molecule has 25 heavy (non-hydrogen) atoms. The summed E-state index contributed by atoms with van der Waals surface area (Å²) in [5, 5.41) is 22.2. The summed E-state index contributed by atoms with van der Waals surface area (Å²) >= 11 is 0. The van der Waals surface area contributed by atoms with Gasteiger partial charge in [-0.1, -0.05) is 12.1 Å². The zero-order chi connectivity index (χ0) is 18.4. The van der Waals surface area contributed by atoms with E-state index in [-0.39, 0.29) is 22.5 Å². The first-order valence-corrected chi connectivity index (χ1v) is 6.92. The van der Waals surface area contributed by atoms with E-state index in [0.29, 0.717) is 0 Å². The van der Waals surface area contributed by atoms with Gasteiger partial charge in [0.05, 0.1) is 21.7 Å². The molecule has 0 fully saturated rings. The number of nitriles is 1. The van der Waals surface area contributed by atoms with E-state index >= 15 is 0 Å². The number of nitrogens with zero attached hydrogens (tertiary/aromatic N) is 2. The average Bonchev–Trinajstić information content (AvgIpc) is 2.60. The number of esters is 1. The van der Waals surface area contributed by atoms with E-state index in [1.54, 1.807) is 12.1 Å². The van der Waals surface area contributed by atoms with Crippen LogP contribution in [0.2, 0.25) is 0 Å². The summed E-state index contributed by atoms with van der Waals surface area (Å²) in [4.78, 5) is 33.8. The molecule has 0 aliphatic rings. The van der Waals surface area contributed by atoms with Gasteiger partial charge in [-0.3, -0.25) is 14.9 Å². The van der Waals surface area contributed by atoms with Crippen LogP contribution in [0.1, 0.15) is 15.9 Å². The first kappa shape index (κ1) is 17.4. The van der Waals surface area contributed by atoms with Crippen LogP contribution >= 0.6 is 0 Å². The zero-order valence-corrected chi connectivity index (χ0v) is 12.8. The largest absolute Gasteiger partial charge is 0.452 e. The normalized spacial score (nSPS) is 9.72. The second kappa shape index (κ2) is 7.56. The van der Waals surface area contributed by atoms with Crippen LogP contribution in [0.15, 0.2) is 42.5 Å². The van der Waals surface area contributed by atoms with Crippen molar-refractivity contribution in [2.75, 3.05) is 17.7 Å². The lowest BCUT2D eigenvalue weighted by molar-refractivity contribution is -0.383. The Bertz CT molecular complexity index is 888. The van der Waals surface area contributed by atoms with Gasteiger partial charge in [0.25, 0.3) is 11.6 Å². The van der Waals surface area contributed by atoms with Crippen molar-refractivity contribution < 1.29 is 19.2 Å². The number of benzene rings is 2. The standard InChI is InChI=1S/C16H12N4O5/c17-8-11-3-1-2-4-13(11)19-15(21)9-25-16(22)10-5-6-12(18)14(7-10)20(23)24/h1-7H,9,18H2,(H,19,21). The Kier molecular flexibility index (Phi) is 5.27. The Labute approximate surface area is 141 Å². The van der Waals surface area contributed by atoms with Crippen molar-refractivity contribution in [1.29, 1.82) is 5.26 Å². The fourth-order valence-electron chi connectivity index (χ4n) is 1.92. The number of hydrogen-bond acceptors (Lipinski definition) is 7. The van der Waals surface area contributed by atoms with Crippen LogP contribution in [0.3, 0.4) is 0 Å². The highest BCUT2D eigenvalue weighted by atomic mass is 16.6. The van der Waals surface area contributed by atoms with Gasteiger partial charge < -0.3 is 15.8 Å². The van der Waals surface area contributed by atoms with E-state index in [2.05, 4.69) is 5.32 Å². The van der Waals surface area contributed by atoms with E-state index in [4.69, 9.17) is 15.7 Å². The molecule has 0 unspecified atom stereocenters. The molecular weight excluding hydrogens is 328 g/mol. The Morgan fingerprint density at radius 1 is 1.28 bits per heavy atom. The first-order chi connectivity index (χ1) is 11.9. The summed E-state index contributed by atoms with van der Waals surface area (Å²) in [6.07, 6.45) is 0. The molecule has 0 saturated heterocycles. The molecule has 0 aliphatic carbocycles. The Balaban J connectivity index is 2.00. The lowest BCUT2D eigenvalue weighted by atomic mass is 10.2. The van der Waals surface area contributed by atoms with Gasteiger partial charge in [-0.25, -0.2) is 4.79 Å². The molecule has 0 aliphatic heterocycles. The molecule has 0 atom stereocenters. The van der Waals surface area contributed by atoms with Gasteiger partial charge in [0.15, 0.2) is 6.61 Å². The Morgan fingerprint density at radius 3 is 2.68 bits per heavy atom. The number of hydrogen-bond donors (Lipinski definition) is 2. The molecule has 0 bridgehead atoms. The Morgan fingerprint density at radius 2 is 2.00 bits per heavy atom. The van der Waals surface area contributed by atoms with E-state index < -0.39 is 29.1 Å². The van der Waals surface area contributed by atoms with Crippen LogP contribution in [0.25, 0.3) is 0 Å². The molecule has 2 aromatic carbocycles. The molecule has 3 N–H and O–H groups in total. The van der Waals surface area contributed by atoms with Crippen molar-refractivity contribution in [3.05, 3.63) is 63.7 Å². The summed E-state index contributed by atoms with van der Waals surface area (Å²) in [5.41, 5.74) is 5.36. The van der Waals surface area contributed by atoms with E-state index in [1.807, 2.05) is 6.07 Å². The monoisotopic (exact) mass is 340 g/mol. The van der Waals surface area contributed by atoms with Gasteiger partial charge in [0.1, 0.15) is 11.8 Å². The summed E-state index contributed by atoms with van der Waals surface area (Å²) in [6, 6.07) is 11.7. The molecule has 2 rings (SSSR count). The molecule has 0 aromatic heterocycles. The molecule has 1 amide bonds. The van der Waals surface area contributed by atoms with Crippen LogP contribution < -0.4 is 11.1 Å². The van der Waals surface area contributed by atoms with Gasteiger partial charge in [-0.15, -0.1) is 0 Å². The number of para-hydroxylation sites is 1. The van der Waals surface area contributed by atoms with Gasteiger partial charge in [0.2, 0.25) is 0 Å². The van der Waals surface area contributed by atoms with Crippen LogP contribution in [0.5, 0.6) is 0 Å². The summed E-state index contributed by atoms with van der Waals surface area (Å²) in [7, 11) is 0. The smallest absolute Gasteiger partial charge is 0.338 e. The highest BCUT2D eigenvalue weighted by molar-refractivity contribution is 5.96. The number of nitrogens with one attached hydrogen (secondary N) is 1. The van der Waals surface area contributed by atoms with Crippen molar-refractivity contribution in [1.82, 2.24) is 0 Å². The maximum atomic E-state index is 11.9. The molecule has 0 saturated carbocycles. The molecular formula is C16H12N4O5. The number of carbonyl (C=O) groups is 2. The topological polar surface area (TPSA) is 148 Å². The molecule has 0 spiro atoms. The predicted octanol–water partition coefficient (Wildman–Crippen LogP) is 1.84. The number of ether oxygens (including phenoxy) is 1. The molecule has 126 valence electrons. The predicted molar refractivity (Wildman–Crippen MR) is 87.6 cm³/mol. The van der Waals surface area contributed by atoms with Gasteiger partial charge >= 0.3 is 5.97 Å². The minimum Gasteiger partial charge on any atom is -0.452 e. The lowest BCUT2D eigenvalue weighted by Gasteiger charge is -2.08. The number of nitrogen functional groups attached to an aromatic ring is 1. The fraction of sp³-hybridized carbons (Fsp3) is 0.0625. The number of nitro groups is 1. The first-order valence-electron chi connectivity index (χ1n) is 6.92. The third-order valence-electron chi connectivity index (χ3n) is 3.12. The second-order valence-electron chi connectivity index (χ2n) is 4.81. The van der Waals surface area contributed by atoms with Crippen LogP contribution in [0, 0.1) is 21.4 Å². The van der Waals surface area contributed by atoms with Crippen molar-refractivity contribution in [2.24, 2.45) is 0 Å². The molecule has 0 heterocycles. The van der Waals surface area contributed by atoms with Crippen LogP contribution in [-0.4, -0.2) is 23.4 Å². The molecule has 9 nitrogen and oxygen atoms in total. The number of amides is 1. The van der Waals surface area contributed by atoms with Crippen LogP contribution in [0.4, 0.5) is 17.1 Å². The van der Waals surface area contributed by atoms with Crippen molar-refractivity contribution in [3.63, 3.8) is 0 Å². The minimum atomic E-state index is -0.910. The van der Waals surface area contributed by atoms with Crippen molar-refractivity contribution in [2.45, 2.75) is 0 Å². The number of carbonyl (C=O) groups excluding carboxylic acids is 2. The van der Waals surface area contributed by atoms with Crippen LogP contribution in [-0.2, 0) is 9.53 Å². The zero-order valence-electron chi connectivity index (χ0n) is 12.8. The third-order valence-corrected chi connectivity index (χ3v) is 3.12. The van der Waals surface area contributed by atoms with Gasteiger partial charge in [-0.2, -0.15) is 5.26 Å². The number of anilines is 2. The highest BCUT2D eigenvalue weighted by Crippen LogP contribution is 2.22. The Hall–Kier alpha value is -3.93.